The predicted octanol–water partition coefficient (Wildman–Crippen LogP) is 0.412. The monoisotopic (exact) mass is 303 g/mol. The first-order valence-corrected chi connectivity index (χ1v) is 7.61. The number of likely N-dealkylation sites (N-methyl/N-ethyl adjacent to an activating group) is 2. The minimum atomic E-state index is -1.01. The molecule has 8 heteroatoms. The van der Waals surface area contributed by atoms with E-state index in [1.165, 1.54) is 28.6 Å². The summed E-state index contributed by atoms with van der Waals surface area (Å²) in [5.41, 5.74) is 0. The van der Waals surface area contributed by atoms with Crippen molar-refractivity contribution in [3.05, 3.63) is 0 Å². The smallest absolute Gasteiger partial charge is 0.327 e. The SMILES string of the molecule is CCNC(=O)CN(C)C(=O)N1C(CC)SCC1C(=O)O. The van der Waals surface area contributed by atoms with Crippen LogP contribution in [0.4, 0.5) is 4.79 Å². The van der Waals surface area contributed by atoms with Crippen molar-refractivity contribution in [2.75, 3.05) is 25.9 Å². The van der Waals surface area contributed by atoms with Gasteiger partial charge in [0, 0.05) is 19.3 Å². The highest BCUT2D eigenvalue weighted by molar-refractivity contribution is 8.00. The average Bonchev–Trinajstić information content (AvgIpc) is 2.81. The van der Waals surface area contributed by atoms with Gasteiger partial charge in [0.15, 0.2) is 0 Å². The van der Waals surface area contributed by atoms with Gasteiger partial charge in [0.05, 0.1) is 5.37 Å². The number of hydrogen-bond donors (Lipinski definition) is 2. The number of hydrogen-bond acceptors (Lipinski definition) is 4. The van der Waals surface area contributed by atoms with Crippen LogP contribution < -0.4 is 5.32 Å². The molecule has 2 unspecified atom stereocenters. The van der Waals surface area contributed by atoms with Gasteiger partial charge in [-0.2, -0.15) is 0 Å². The summed E-state index contributed by atoms with van der Waals surface area (Å²) in [7, 11) is 1.51. The van der Waals surface area contributed by atoms with Crippen molar-refractivity contribution in [2.24, 2.45) is 0 Å². The fourth-order valence-electron chi connectivity index (χ4n) is 2.06. The van der Waals surface area contributed by atoms with Gasteiger partial charge in [0.1, 0.15) is 12.6 Å². The molecule has 114 valence electrons. The molecule has 1 aliphatic rings. The van der Waals surface area contributed by atoms with Crippen LogP contribution in [0, 0.1) is 0 Å². The van der Waals surface area contributed by atoms with Crippen LogP contribution in [-0.4, -0.2) is 70.1 Å². The number of nitrogens with zero attached hydrogens (tertiary/aromatic N) is 2. The molecule has 20 heavy (non-hydrogen) atoms. The maximum absolute atomic E-state index is 12.4. The molecule has 0 aromatic rings. The van der Waals surface area contributed by atoms with Crippen LogP contribution in [0.3, 0.4) is 0 Å². The number of thioether (sulfide) groups is 1. The van der Waals surface area contributed by atoms with Crippen molar-refractivity contribution >= 4 is 29.7 Å². The van der Waals surface area contributed by atoms with E-state index in [0.717, 1.165) is 0 Å². The average molecular weight is 303 g/mol. The van der Waals surface area contributed by atoms with E-state index < -0.39 is 18.0 Å². The molecule has 2 N–H and O–H groups in total. The number of nitrogens with one attached hydrogen (secondary N) is 1. The molecule has 0 aliphatic carbocycles. The molecule has 0 aromatic carbocycles. The van der Waals surface area contributed by atoms with Crippen LogP contribution in [0.25, 0.3) is 0 Å². The zero-order valence-electron chi connectivity index (χ0n) is 12.0. The maximum atomic E-state index is 12.4. The van der Waals surface area contributed by atoms with Gasteiger partial charge >= 0.3 is 12.0 Å². The van der Waals surface area contributed by atoms with Crippen molar-refractivity contribution in [1.82, 2.24) is 15.1 Å². The fraction of sp³-hybridized carbons (Fsp3) is 0.750. The first-order valence-electron chi connectivity index (χ1n) is 6.56. The Hall–Kier alpha value is -1.44. The Morgan fingerprint density at radius 3 is 2.55 bits per heavy atom. The summed E-state index contributed by atoms with van der Waals surface area (Å²) in [5, 5.41) is 11.6. The summed E-state index contributed by atoms with van der Waals surface area (Å²) in [6.07, 6.45) is 0.676. The van der Waals surface area contributed by atoms with E-state index in [-0.39, 0.29) is 17.8 Å². The normalized spacial score (nSPS) is 21.6. The summed E-state index contributed by atoms with van der Waals surface area (Å²) in [4.78, 5) is 37.7. The third-order valence-electron chi connectivity index (χ3n) is 3.03. The Bertz CT molecular complexity index is 391. The van der Waals surface area contributed by atoms with E-state index in [9.17, 15) is 19.5 Å². The quantitative estimate of drug-likeness (QED) is 0.768. The van der Waals surface area contributed by atoms with E-state index in [1.807, 2.05) is 6.92 Å². The fourth-order valence-corrected chi connectivity index (χ4v) is 3.40. The Balaban J connectivity index is 2.75. The lowest BCUT2D eigenvalue weighted by molar-refractivity contribution is -0.141. The lowest BCUT2D eigenvalue weighted by atomic mass is 10.2. The van der Waals surface area contributed by atoms with Crippen molar-refractivity contribution < 1.29 is 19.5 Å². The second-order valence-corrected chi connectivity index (χ2v) is 5.76. The van der Waals surface area contributed by atoms with Crippen molar-refractivity contribution in [3.63, 3.8) is 0 Å². The van der Waals surface area contributed by atoms with Crippen LogP contribution >= 0.6 is 11.8 Å². The third kappa shape index (κ3) is 3.78. The molecule has 1 rings (SSSR count). The lowest BCUT2D eigenvalue weighted by Crippen LogP contribution is -2.52. The number of carbonyl (C=O) groups excluding carboxylic acids is 2. The van der Waals surface area contributed by atoms with Crippen LogP contribution in [0.2, 0.25) is 0 Å². The summed E-state index contributed by atoms with van der Waals surface area (Å²) in [5.74, 6) is -0.877. The van der Waals surface area contributed by atoms with E-state index in [0.29, 0.717) is 18.7 Å². The standard InChI is InChI=1S/C12H21N3O4S/c1-4-10-15(8(7-20-10)11(17)18)12(19)14(3)6-9(16)13-5-2/h8,10H,4-7H2,1-3H3,(H,13,16)(H,17,18). The molecule has 0 spiro atoms. The molecular formula is C12H21N3O4S. The molecule has 1 heterocycles. The predicted molar refractivity (Wildman–Crippen MR) is 76.5 cm³/mol. The molecule has 1 aliphatic heterocycles. The van der Waals surface area contributed by atoms with Crippen LogP contribution in [0.15, 0.2) is 0 Å². The molecule has 0 saturated carbocycles. The molecule has 0 bridgehead atoms. The minimum absolute atomic E-state index is 0.0728. The second-order valence-electron chi connectivity index (χ2n) is 4.55. The van der Waals surface area contributed by atoms with Gasteiger partial charge in [-0.05, 0) is 13.3 Å². The largest absolute Gasteiger partial charge is 0.480 e. The molecule has 0 radical (unpaired) electrons. The Morgan fingerprint density at radius 2 is 2.05 bits per heavy atom. The lowest BCUT2D eigenvalue weighted by Gasteiger charge is -2.30. The Kier molecular flexibility index (Phi) is 6.12. The molecule has 2 atom stereocenters. The van der Waals surface area contributed by atoms with E-state index in [1.54, 1.807) is 6.92 Å². The zero-order chi connectivity index (χ0) is 15.3. The van der Waals surface area contributed by atoms with Gasteiger partial charge in [-0.1, -0.05) is 6.92 Å². The Labute approximate surface area is 122 Å². The van der Waals surface area contributed by atoms with Crippen molar-refractivity contribution in [2.45, 2.75) is 31.7 Å². The molecule has 7 nitrogen and oxygen atoms in total. The number of amides is 3. The van der Waals surface area contributed by atoms with Crippen LogP contribution in [0.5, 0.6) is 0 Å². The number of carbonyl (C=O) groups is 3. The summed E-state index contributed by atoms with van der Waals surface area (Å²) >= 11 is 1.46. The topological polar surface area (TPSA) is 90.0 Å². The van der Waals surface area contributed by atoms with Crippen molar-refractivity contribution in [1.29, 1.82) is 0 Å². The van der Waals surface area contributed by atoms with Gasteiger partial charge < -0.3 is 15.3 Å². The van der Waals surface area contributed by atoms with E-state index >= 15 is 0 Å². The maximum Gasteiger partial charge on any atom is 0.327 e. The van der Waals surface area contributed by atoms with Gasteiger partial charge in [0.25, 0.3) is 0 Å². The van der Waals surface area contributed by atoms with Gasteiger partial charge in [-0.3, -0.25) is 9.69 Å². The van der Waals surface area contributed by atoms with Crippen LogP contribution in [-0.2, 0) is 9.59 Å². The second kappa shape index (κ2) is 7.37. The zero-order valence-corrected chi connectivity index (χ0v) is 12.8. The van der Waals surface area contributed by atoms with Gasteiger partial charge in [-0.15, -0.1) is 11.8 Å². The van der Waals surface area contributed by atoms with Gasteiger partial charge in [-0.25, -0.2) is 9.59 Å². The highest BCUT2D eigenvalue weighted by Gasteiger charge is 2.42. The van der Waals surface area contributed by atoms with Crippen LogP contribution in [0.1, 0.15) is 20.3 Å². The number of aliphatic carboxylic acids is 1. The summed E-state index contributed by atoms with van der Waals surface area (Å²) < 4.78 is 0. The first-order chi connectivity index (χ1) is 9.42. The molecule has 1 fully saturated rings. The first kappa shape index (κ1) is 16.6. The highest BCUT2D eigenvalue weighted by atomic mass is 32.2. The van der Waals surface area contributed by atoms with Gasteiger partial charge in [0.2, 0.25) is 5.91 Å². The number of carboxylic acids is 1. The molecule has 0 aromatic heterocycles. The molecular weight excluding hydrogens is 282 g/mol. The molecule has 3 amide bonds. The Morgan fingerprint density at radius 1 is 1.40 bits per heavy atom. The molecule has 1 saturated heterocycles. The number of carboxylic acid groups (broad SMARTS) is 1. The van der Waals surface area contributed by atoms with Crippen molar-refractivity contribution in [3.8, 4) is 0 Å². The highest BCUT2D eigenvalue weighted by Crippen LogP contribution is 2.32. The summed E-state index contributed by atoms with van der Waals surface area (Å²) in [6.45, 7) is 4.13. The number of urea groups is 1. The van der Waals surface area contributed by atoms with E-state index in [2.05, 4.69) is 5.32 Å². The minimum Gasteiger partial charge on any atom is -0.480 e. The third-order valence-corrected chi connectivity index (χ3v) is 4.48. The van der Waals surface area contributed by atoms with E-state index in [4.69, 9.17) is 0 Å². The summed E-state index contributed by atoms with van der Waals surface area (Å²) in [6, 6.07) is -1.24. The number of rotatable bonds is 5.